The summed E-state index contributed by atoms with van der Waals surface area (Å²) in [5, 5.41) is 17.2. The summed E-state index contributed by atoms with van der Waals surface area (Å²) in [5.74, 6) is 1.09. The maximum Gasteiger partial charge on any atom is 0.346 e. The summed E-state index contributed by atoms with van der Waals surface area (Å²) in [7, 11) is 3.17. The lowest BCUT2D eigenvalue weighted by molar-refractivity contribution is 0.119. The molecule has 0 radical (unpaired) electrons. The first-order valence-electron chi connectivity index (χ1n) is 11.4. The van der Waals surface area contributed by atoms with Crippen LogP contribution in [0.3, 0.4) is 0 Å². The molecule has 0 bridgehead atoms. The Labute approximate surface area is 207 Å². The first-order valence-corrected chi connectivity index (χ1v) is 11.4. The van der Waals surface area contributed by atoms with E-state index in [1.165, 1.54) is 4.68 Å². The minimum atomic E-state index is -0.240. The first kappa shape index (κ1) is 23.2. The lowest BCUT2D eigenvalue weighted by atomic mass is 9.99. The van der Waals surface area contributed by atoms with Crippen LogP contribution in [0.5, 0.6) is 11.8 Å². The number of hydrogen-bond acceptors (Lipinski definition) is 9. The van der Waals surface area contributed by atoms with Crippen molar-refractivity contribution in [2.24, 2.45) is 0 Å². The van der Waals surface area contributed by atoms with Gasteiger partial charge in [-0.1, -0.05) is 17.3 Å². The molecule has 5 rings (SSSR count). The second-order valence-corrected chi connectivity index (χ2v) is 8.29. The topological polar surface area (TPSA) is 122 Å². The van der Waals surface area contributed by atoms with E-state index in [9.17, 15) is 4.79 Å². The molecule has 1 aromatic carbocycles. The number of rotatable bonds is 5. The SMILES string of the molecule is COc1ccc(C(c2ccc(OC)nc2)N2CCN(C(=O)n3nnc4cc(C#N)ccc43)CC2)cn1. The maximum absolute atomic E-state index is 13.2. The molecule has 3 aromatic heterocycles. The molecule has 11 heteroatoms. The number of fused-ring (bicyclic) bond motifs is 1. The zero-order chi connectivity index (χ0) is 25.1. The van der Waals surface area contributed by atoms with Crippen LogP contribution >= 0.6 is 0 Å². The third-order valence-corrected chi connectivity index (χ3v) is 6.27. The molecule has 4 aromatic rings. The largest absolute Gasteiger partial charge is 0.481 e. The molecule has 11 nitrogen and oxygen atoms in total. The molecule has 0 spiro atoms. The Hall–Kier alpha value is -4.56. The number of methoxy groups -OCH3 is 2. The second-order valence-electron chi connectivity index (χ2n) is 8.29. The number of benzene rings is 1. The number of carbonyl (C=O) groups excluding carboxylic acids is 1. The Balaban J connectivity index is 1.36. The van der Waals surface area contributed by atoms with Gasteiger partial charge in [0, 0.05) is 50.7 Å². The number of amides is 1. The minimum absolute atomic E-state index is 0.101. The van der Waals surface area contributed by atoms with E-state index in [0.29, 0.717) is 54.5 Å². The molecule has 0 saturated carbocycles. The summed E-state index contributed by atoms with van der Waals surface area (Å²) < 4.78 is 11.7. The summed E-state index contributed by atoms with van der Waals surface area (Å²) in [5.41, 5.74) is 3.56. The Kier molecular flexibility index (Phi) is 6.42. The molecule has 1 aliphatic heterocycles. The van der Waals surface area contributed by atoms with E-state index in [1.54, 1.807) is 37.3 Å². The Morgan fingerprint density at radius 1 is 0.944 bits per heavy atom. The number of carbonyl (C=O) groups is 1. The molecule has 4 heterocycles. The van der Waals surface area contributed by atoms with Crippen molar-refractivity contribution in [3.05, 3.63) is 71.5 Å². The standard InChI is InChI=1S/C25H24N8O3/c1-35-22-7-4-18(15-27-22)24(19-5-8-23(36-2)28-16-19)31-9-11-32(12-10-31)25(34)33-21-6-3-17(14-26)13-20(21)29-30-33/h3-8,13,15-16,24H,9-12H2,1-2H3. The van der Waals surface area contributed by atoms with Crippen LogP contribution < -0.4 is 9.47 Å². The molecular weight excluding hydrogens is 460 g/mol. The van der Waals surface area contributed by atoms with Crippen LogP contribution in [0.2, 0.25) is 0 Å². The monoisotopic (exact) mass is 484 g/mol. The van der Waals surface area contributed by atoms with Crippen molar-refractivity contribution in [1.29, 1.82) is 5.26 Å². The van der Waals surface area contributed by atoms with Crippen LogP contribution in [0, 0.1) is 11.3 Å². The Morgan fingerprint density at radius 3 is 2.11 bits per heavy atom. The van der Waals surface area contributed by atoms with Crippen molar-refractivity contribution >= 4 is 17.1 Å². The molecule has 182 valence electrons. The molecule has 0 N–H and O–H groups in total. The van der Waals surface area contributed by atoms with Crippen LogP contribution in [0.25, 0.3) is 11.0 Å². The highest BCUT2D eigenvalue weighted by Gasteiger charge is 2.30. The minimum Gasteiger partial charge on any atom is -0.481 e. The van der Waals surface area contributed by atoms with Gasteiger partial charge in [0.05, 0.1) is 37.4 Å². The Bertz CT molecular complexity index is 1360. The highest BCUT2D eigenvalue weighted by molar-refractivity contribution is 5.88. The summed E-state index contributed by atoms with van der Waals surface area (Å²) in [4.78, 5) is 26.1. The van der Waals surface area contributed by atoms with E-state index < -0.39 is 0 Å². The molecule has 1 saturated heterocycles. The number of piperazine rings is 1. The predicted molar refractivity (Wildman–Crippen MR) is 130 cm³/mol. The van der Waals surface area contributed by atoms with Crippen molar-refractivity contribution in [2.45, 2.75) is 6.04 Å². The quantitative estimate of drug-likeness (QED) is 0.420. The van der Waals surface area contributed by atoms with E-state index >= 15 is 0 Å². The van der Waals surface area contributed by atoms with E-state index in [1.807, 2.05) is 36.7 Å². The molecule has 0 unspecified atom stereocenters. The van der Waals surface area contributed by atoms with Crippen molar-refractivity contribution in [1.82, 2.24) is 34.8 Å². The summed E-state index contributed by atoms with van der Waals surface area (Å²) >= 11 is 0. The van der Waals surface area contributed by atoms with Gasteiger partial charge in [0.15, 0.2) is 0 Å². The lowest BCUT2D eigenvalue weighted by Gasteiger charge is -2.39. The molecule has 1 fully saturated rings. The van der Waals surface area contributed by atoms with Gasteiger partial charge in [-0.2, -0.15) is 9.94 Å². The van der Waals surface area contributed by atoms with Crippen LogP contribution in [-0.2, 0) is 0 Å². The molecular formula is C25H24N8O3. The van der Waals surface area contributed by atoms with Gasteiger partial charge in [-0.3, -0.25) is 4.90 Å². The average molecular weight is 485 g/mol. The fourth-order valence-corrected chi connectivity index (χ4v) is 4.40. The summed E-state index contributed by atoms with van der Waals surface area (Å²) in [6, 6.07) is 14.4. The predicted octanol–water partition coefficient (Wildman–Crippen LogP) is 2.49. The summed E-state index contributed by atoms with van der Waals surface area (Å²) in [6.45, 7) is 2.31. The van der Waals surface area contributed by atoms with E-state index in [4.69, 9.17) is 14.7 Å². The molecule has 1 amide bonds. The third-order valence-electron chi connectivity index (χ3n) is 6.27. The van der Waals surface area contributed by atoms with Gasteiger partial charge in [0.2, 0.25) is 11.8 Å². The normalized spacial score (nSPS) is 14.1. The van der Waals surface area contributed by atoms with Crippen molar-refractivity contribution in [2.75, 3.05) is 40.4 Å². The third kappa shape index (κ3) is 4.42. The summed E-state index contributed by atoms with van der Waals surface area (Å²) in [6.07, 6.45) is 3.62. The number of nitrogens with zero attached hydrogens (tertiary/aromatic N) is 8. The zero-order valence-corrected chi connectivity index (χ0v) is 19.9. The van der Waals surface area contributed by atoms with Crippen LogP contribution in [0.1, 0.15) is 22.7 Å². The van der Waals surface area contributed by atoms with Crippen LogP contribution in [0.4, 0.5) is 4.79 Å². The van der Waals surface area contributed by atoms with Gasteiger partial charge in [-0.15, -0.1) is 5.10 Å². The number of hydrogen-bond donors (Lipinski definition) is 0. The number of ether oxygens (including phenoxy) is 2. The van der Waals surface area contributed by atoms with Gasteiger partial charge < -0.3 is 14.4 Å². The van der Waals surface area contributed by atoms with E-state index in [-0.39, 0.29) is 12.1 Å². The van der Waals surface area contributed by atoms with Gasteiger partial charge >= 0.3 is 6.03 Å². The number of pyridine rings is 2. The molecule has 0 atom stereocenters. The van der Waals surface area contributed by atoms with Gasteiger partial charge in [0.1, 0.15) is 5.52 Å². The van der Waals surface area contributed by atoms with Gasteiger partial charge in [-0.25, -0.2) is 14.8 Å². The average Bonchev–Trinajstić information content (AvgIpc) is 3.37. The van der Waals surface area contributed by atoms with E-state index in [0.717, 1.165) is 11.1 Å². The molecule has 1 aliphatic rings. The smallest absolute Gasteiger partial charge is 0.346 e. The fraction of sp³-hybridized carbons (Fsp3) is 0.280. The zero-order valence-electron chi connectivity index (χ0n) is 19.9. The van der Waals surface area contributed by atoms with Crippen LogP contribution in [-0.4, -0.2) is 81.2 Å². The first-order chi connectivity index (χ1) is 17.6. The van der Waals surface area contributed by atoms with Gasteiger partial charge in [0.25, 0.3) is 0 Å². The van der Waals surface area contributed by atoms with Crippen molar-refractivity contribution < 1.29 is 14.3 Å². The highest BCUT2D eigenvalue weighted by Crippen LogP contribution is 2.30. The van der Waals surface area contributed by atoms with E-state index in [2.05, 4.69) is 31.2 Å². The van der Waals surface area contributed by atoms with Crippen LogP contribution in [0.15, 0.2) is 54.9 Å². The fourth-order valence-electron chi connectivity index (χ4n) is 4.40. The number of nitriles is 1. The number of aromatic nitrogens is 5. The van der Waals surface area contributed by atoms with Crippen molar-refractivity contribution in [3.63, 3.8) is 0 Å². The second kappa shape index (κ2) is 9.97. The molecule has 0 aliphatic carbocycles. The lowest BCUT2D eigenvalue weighted by Crippen LogP contribution is -2.51. The van der Waals surface area contributed by atoms with Crippen molar-refractivity contribution in [3.8, 4) is 17.8 Å². The van der Waals surface area contributed by atoms with Gasteiger partial charge in [-0.05, 0) is 29.3 Å². The maximum atomic E-state index is 13.2. The molecule has 36 heavy (non-hydrogen) atoms. The Morgan fingerprint density at radius 2 is 1.58 bits per heavy atom. The highest BCUT2D eigenvalue weighted by atomic mass is 16.5.